The maximum absolute atomic E-state index is 6.05. The number of benzene rings is 1. The number of nitrogens with zero attached hydrogens (tertiary/aromatic N) is 2. The number of aromatic nitrogens is 1. The van der Waals surface area contributed by atoms with Crippen LogP contribution in [0.4, 0.5) is 0 Å². The summed E-state index contributed by atoms with van der Waals surface area (Å²) in [5.74, 6) is 0. The second kappa shape index (κ2) is 5.80. The number of hydrogen-bond acceptors (Lipinski definition) is 4. The van der Waals surface area contributed by atoms with Crippen molar-refractivity contribution in [3.63, 3.8) is 0 Å². The van der Waals surface area contributed by atoms with E-state index in [1.807, 2.05) is 12.1 Å². The molecule has 0 saturated carbocycles. The van der Waals surface area contributed by atoms with Crippen LogP contribution in [-0.4, -0.2) is 35.6 Å². The van der Waals surface area contributed by atoms with Gasteiger partial charge in [0, 0.05) is 28.0 Å². The molecule has 1 aromatic carbocycles. The average molecular weight is 365 g/mol. The van der Waals surface area contributed by atoms with Crippen molar-refractivity contribution in [2.75, 3.05) is 19.7 Å². The molecule has 0 spiro atoms. The van der Waals surface area contributed by atoms with Gasteiger partial charge >= 0.3 is 0 Å². The highest BCUT2D eigenvalue weighted by Crippen LogP contribution is 2.33. The van der Waals surface area contributed by atoms with Crippen molar-refractivity contribution in [1.82, 2.24) is 9.88 Å². The van der Waals surface area contributed by atoms with E-state index in [9.17, 15) is 0 Å². The molecule has 2 atom stereocenters. The van der Waals surface area contributed by atoms with Crippen LogP contribution >= 0.6 is 27.3 Å². The van der Waals surface area contributed by atoms with Gasteiger partial charge in [0.15, 0.2) is 0 Å². The van der Waals surface area contributed by atoms with Gasteiger partial charge in [-0.05, 0) is 31.5 Å². The lowest BCUT2D eigenvalue weighted by Crippen LogP contribution is -2.42. The van der Waals surface area contributed by atoms with Crippen LogP contribution < -0.4 is 0 Å². The van der Waals surface area contributed by atoms with E-state index in [1.165, 1.54) is 19.4 Å². The van der Waals surface area contributed by atoms with Crippen LogP contribution in [-0.2, 0) is 4.74 Å². The standard InChI is InChI=1S/C16H17BrN2OS/c17-12-4-1-3-11(7-12)14-10-21-16(18-14)15-8-19-6-2-5-13(19)9-20-15/h1,3-4,7,10,13,15H,2,5-6,8-9H2. The molecule has 2 aliphatic heterocycles. The van der Waals surface area contributed by atoms with Crippen LogP contribution in [0.25, 0.3) is 11.3 Å². The highest BCUT2D eigenvalue weighted by Gasteiger charge is 2.34. The molecule has 0 N–H and O–H groups in total. The summed E-state index contributed by atoms with van der Waals surface area (Å²) >= 11 is 5.23. The van der Waals surface area contributed by atoms with Gasteiger partial charge in [-0.1, -0.05) is 28.1 Å². The van der Waals surface area contributed by atoms with Gasteiger partial charge in [0.2, 0.25) is 0 Å². The largest absolute Gasteiger partial charge is 0.368 e. The lowest BCUT2D eigenvalue weighted by Gasteiger charge is -2.34. The number of ether oxygens (including phenoxy) is 1. The van der Waals surface area contributed by atoms with Crippen molar-refractivity contribution in [1.29, 1.82) is 0 Å². The van der Waals surface area contributed by atoms with Gasteiger partial charge < -0.3 is 4.74 Å². The Labute approximate surface area is 137 Å². The summed E-state index contributed by atoms with van der Waals surface area (Å²) in [7, 11) is 0. The van der Waals surface area contributed by atoms with E-state index in [4.69, 9.17) is 9.72 Å². The summed E-state index contributed by atoms with van der Waals surface area (Å²) in [6.07, 6.45) is 2.74. The predicted molar refractivity (Wildman–Crippen MR) is 88.5 cm³/mol. The Hall–Kier alpha value is -0.750. The van der Waals surface area contributed by atoms with E-state index in [0.717, 1.165) is 33.9 Å². The third-order valence-electron chi connectivity index (χ3n) is 4.31. The number of morpholine rings is 1. The highest BCUT2D eigenvalue weighted by atomic mass is 79.9. The van der Waals surface area contributed by atoms with Crippen LogP contribution in [0.5, 0.6) is 0 Å². The topological polar surface area (TPSA) is 25.4 Å². The van der Waals surface area contributed by atoms with Crippen molar-refractivity contribution >= 4 is 27.3 Å². The van der Waals surface area contributed by atoms with Gasteiger partial charge in [-0.3, -0.25) is 4.90 Å². The molecular weight excluding hydrogens is 348 g/mol. The molecule has 21 heavy (non-hydrogen) atoms. The minimum atomic E-state index is 0.144. The molecule has 0 amide bonds. The lowest BCUT2D eigenvalue weighted by molar-refractivity contribution is -0.0502. The second-order valence-corrected chi connectivity index (χ2v) is 7.50. The molecule has 3 heterocycles. The van der Waals surface area contributed by atoms with Crippen LogP contribution in [0.3, 0.4) is 0 Å². The van der Waals surface area contributed by atoms with Crippen molar-refractivity contribution in [3.05, 3.63) is 39.1 Å². The molecule has 2 aliphatic rings. The van der Waals surface area contributed by atoms with E-state index in [0.29, 0.717) is 6.04 Å². The monoisotopic (exact) mass is 364 g/mol. The van der Waals surface area contributed by atoms with E-state index >= 15 is 0 Å². The molecule has 3 nitrogen and oxygen atoms in total. The number of rotatable bonds is 2. The summed E-state index contributed by atoms with van der Waals surface area (Å²) in [6.45, 7) is 3.07. The summed E-state index contributed by atoms with van der Waals surface area (Å²) in [5, 5.41) is 3.24. The molecule has 0 radical (unpaired) electrons. The van der Waals surface area contributed by atoms with Crippen LogP contribution in [0.1, 0.15) is 24.0 Å². The fraction of sp³-hybridized carbons (Fsp3) is 0.438. The summed E-state index contributed by atoms with van der Waals surface area (Å²) in [4.78, 5) is 7.37. The Kier molecular flexibility index (Phi) is 3.83. The number of hydrogen-bond donors (Lipinski definition) is 0. The molecular formula is C16H17BrN2OS. The summed E-state index contributed by atoms with van der Waals surface area (Å²) in [6, 6.07) is 8.93. The minimum absolute atomic E-state index is 0.144. The molecule has 2 aromatic rings. The first-order valence-electron chi connectivity index (χ1n) is 7.36. The Bertz CT molecular complexity index is 645. The number of fused-ring (bicyclic) bond motifs is 1. The second-order valence-electron chi connectivity index (χ2n) is 5.69. The zero-order valence-corrected chi connectivity index (χ0v) is 14.1. The molecule has 0 bridgehead atoms. The van der Waals surface area contributed by atoms with E-state index in [1.54, 1.807) is 11.3 Å². The molecule has 110 valence electrons. The predicted octanol–water partition coefficient (Wildman–Crippen LogP) is 4.11. The Morgan fingerprint density at radius 3 is 3.24 bits per heavy atom. The quantitative estimate of drug-likeness (QED) is 0.801. The van der Waals surface area contributed by atoms with Crippen LogP contribution in [0.15, 0.2) is 34.1 Å². The third kappa shape index (κ3) is 2.80. The van der Waals surface area contributed by atoms with Crippen molar-refractivity contribution in [2.24, 2.45) is 0 Å². The summed E-state index contributed by atoms with van der Waals surface area (Å²) in [5.41, 5.74) is 2.20. The fourth-order valence-electron chi connectivity index (χ4n) is 3.18. The molecule has 4 rings (SSSR count). The number of halogens is 1. The van der Waals surface area contributed by atoms with Gasteiger partial charge in [0.25, 0.3) is 0 Å². The minimum Gasteiger partial charge on any atom is -0.368 e. The smallest absolute Gasteiger partial charge is 0.124 e. The molecule has 1 aromatic heterocycles. The third-order valence-corrected chi connectivity index (χ3v) is 5.74. The van der Waals surface area contributed by atoms with Crippen molar-refractivity contribution in [2.45, 2.75) is 25.0 Å². The van der Waals surface area contributed by atoms with E-state index in [2.05, 4.69) is 38.3 Å². The molecule has 2 saturated heterocycles. The lowest BCUT2D eigenvalue weighted by atomic mass is 10.2. The SMILES string of the molecule is Brc1cccc(-c2csc(C3CN4CCCC4CO3)n2)c1. The van der Waals surface area contributed by atoms with Gasteiger partial charge in [0.05, 0.1) is 12.3 Å². The zero-order valence-electron chi connectivity index (χ0n) is 11.7. The Morgan fingerprint density at radius 2 is 2.33 bits per heavy atom. The maximum atomic E-state index is 6.05. The van der Waals surface area contributed by atoms with Gasteiger partial charge in [-0.2, -0.15) is 0 Å². The average Bonchev–Trinajstić information content (AvgIpc) is 3.15. The van der Waals surface area contributed by atoms with E-state index in [-0.39, 0.29) is 6.10 Å². The normalized spacial score (nSPS) is 26.0. The molecule has 0 aliphatic carbocycles. The maximum Gasteiger partial charge on any atom is 0.124 e. The molecule has 5 heteroatoms. The van der Waals surface area contributed by atoms with Crippen molar-refractivity contribution in [3.8, 4) is 11.3 Å². The zero-order chi connectivity index (χ0) is 14.2. The Balaban J connectivity index is 1.54. The first-order valence-corrected chi connectivity index (χ1v) is 9.04. The molecule has 2 fully saturated rings. The first kappa shape index (κ1) is 13.9. The van der Waals surface area contributed by atoms with Crippen LogP contribution in [0, 0.1) is 0 Å². The van der Waals surface area contributed by atoms with Crippen LogP contribution in [0.2, 0.25) is 0 Å². The fourth-order valence-corrected chi connectivity index (χ4v) is 4.45. The van der Waals surface area contributed by atoms with Gasteiger partial charge in [-0.25, -0.2) is 4.98 Å². The summed E-state index contributed by atoms with van der Waals surface area (Å²) < 4.78 is 7.13. The Morgan fingerprint density at radius 1 is 1.38 bits per heavy atom. The highest BCUT2D eigenvalue weighted by molar-refractivity contribution is 9.10. The van der Waals surface area contributed by atoms with Gasteiger partial charge in [-0.15, -0.1) is 11.3 Å². The molecule has 2 unspecified atom stereocenters. The first-order chi connectivity index (χ1) is 10.3. The van der Waals surface area contributed by atoms with Gasteiger partial charge in [0.1, 0.15) is 11.1 Å². The van der Waals surface area contributed by atoms with Crippen molar-refractivity contribution < 1.29 is 4.74 Å². The number of thiazole rings is 1. The van der Waals surface area contributed by atoms with E-state index < -0.39 is 0 Å².